The first-order valence-electron chi connectivity index (χ1n) is 2.42. The molecule has 6 heteroatoms. The Labute approximate surface area is 61.9 Å². The first kappa shape index (κ1) is 8.92. The molecule has 0 rings (SSSR count). The average molecular weight is 153 g/mol. The van der Waals surface area contributed by atoms with Crippen molar-refractivity contribution in [3.63, 3.8) is 0 Å². The van der Waals surface area contributed by atoms with E-state index in [1.54, 1.807) is 6.07 Å². The number of aliphatic carboxylic acids is 1. The Bertz CT molecular complexity index is 257. The summed E-state index contributed by atoms with van der Waals surface area (Å²) < 4.78 is 0. The van der Waals surface area contributed by atoms with Gasteiger partial charge in [0.1, 0.15) is 12.1 Å². The van der Waals surface area contributed by atoms with Gasteiger partial charge in [0.2, 0.25) is 6.61 Å². The lowest BCUT2D eigenvalue weighted by Crippen LogP contribution is -2.10. The van der Waals surface area contributed by atoms with Gasteiger partial charge in [0.05, 0.1) is 0 Å². The molecule has 0 unspecified atom stereocenters. The lowest BCUT2D eigenvalue weighted by molar-refractivity contribution is -0.129. The zero-order valence-corrected chi connectivity index (χ0v) is 5.31. The molecule has 0 aliphatic rings. The van der Waals surface area contributed by atoms with Gasteiger partial charge in [-0.05, 0) is 0 Å². The minimum absolute atomic E-state index is 0.377. The molecule has 0 aromatic rings. The van der Waals surface area contributed by atoms with Crippen molar-refractivity contribution in [1.82, 2.24) is 0 Å². The summed E-state index contributed by atoms with van der Waals surface area (Å²) in [5.41, 5.74) is -0.778. The number of carbonyl (C=O) groups is 1. The molecule has 0 aliphatic heterocycles. The molecular formula is C5H3N3O3. The maximum atomic E-state index is 10.0. The molecule has 0 amide bonds. The standard InChI is InChI=1S/C5H3N3O3/c6-1-2-11-8-4(3-7)5(9)10/h2H2,(H,9,10). The van der Waals surface area contributed by atoms with E-state index in [9.17, 15) is 4.79 Å². The number of rotatable bonds is 3. The predicted octanol–water partition coefficient (Wildman–Crippen LogP) is -0.509. The van der Waals surface area contributed by atoms with Gasteiger partial charge in [0.25, 0.3) is 5.71 Å². The highest BCUT2D eigenvalue weighted by Crippen LogP contribution is 1.80. The molecule has 56 valence electrons. The Kier molecular flexibility index (Phi) is 3.87. The molecule has 11 heavy (non-hydrogen) atoms. The number of hydrogen-bond acceptors (Lipinski definition) is 5. The monoisotopic (exact) mass is 153 g/mol. The number of oxime groups is 1. The highest BCUT2D eigenvalue weighted by atomic mass is 16.6. The topological polar surface area (TPSA) is 106 Å². The molecule has 0 heterocycles. The van der Waals surface area contributed by atoms with Crippen LogP contribution in [-0.2, 0) is 9.63 Å². The Morgan fingerprint density at radius 2 is 2.27 bits per heavy atom. The molecule has 0 atom stereocenters. The number of nitrogens with zero attached hydrogens (tertiary/aromatic N) is 3. The van der Waals surface area contributed by atoms with Crippen LogP contribution in [0.4, 0.5) is 0 Å². The molecule has 0 aromatic heterocycles. The number of nitriles is 2. The summed E-state index contributed by atoms with van der Waals surface area (Å²) >= 11 is 0. The Hall–Kier alpha value is -2.08. The Morgan fingerprint density at radius 1 is 1.64 bits per heavy atom. The molecule has 0 fully saturated rings. The van der Waals surface area contributed by atoms with Crippen LogP contribution < -0.4 is 0 Å². The van der Waals surface area contributed by atoms with Crippen molar-refractivity contribution in [3.8, 4) is 12.1 Å². The van der Waals surface area contributed by atoms with Crippen LogP contribution in [0.25, 0.3) is 0 Å². The third-order valence-electron chi connectivity index (χ3n) is 0.593. The van der Waals surface area contributed by atoms with Gasteiger partial charge >= 0.3 is 5.97 Å². The van der Waals surface area contributed by atoms with Crippen molar-refractivity contribution < 1.29 is 14.7 Å². The van der Waals surface area contributed by atoms with Crippen LogP contribution in [-0.4, -0.2) is 23.4 Å². The van der Waals surface area contributed by atoms with Crippen molar-refractivity contribution in [3.05, 3.63) is 0 Å². The van der Waals surface area contributed by atoms with Crippen LogP contribution in [0.1, 0.15) is 0 Å². The predicted molar refractivity (Wildman–Crippen MR) is 32.2 cm³/mol. The van der Waals surface area contributed by atoms with Crippen molar-refractivity contribution in [2.75, 3.05) is 6.61 Å². The van der Waals surface area contributed by atoms with E-state index in [-0.39, 0.29) is 6.61 Å². The molecule has 0 radical (unpaired) electrons. The Morgan fingerprint density at radius 3 is 2.64 bits per heavy atom. The highest BCUT2D eigenvalue weighted by molar-refractivity contribution is 6.42. The largest absolute Gasteiger partial charge is 0.476 e. The van der Waals surface area contributed by atoms with Gasteiger partial charge in [-0.1, -0.05) is 5.16 Å². The fraction of sp³-hybridized carbons (Fsp3) is 0.200. The molecule has 0 saturated carbocycles. The lowest BCUT2D eigenvalue weighted by Gasteiger charge is -1.88. The van der Waals surface area contributed by atoms with Gasteiger partial charge in [-0.3, -0.25) is 0 Å². The second-order valence-electron chi connectivity index (χ2n) is 1.29. The maximum Gasteiger partial charge on any atom is 0.369 e. The zero-order chi connectivity index (χ0) is 8.69. The van der Waals surface area contributed by atoms with Crippen molar-refractivity contribution in [2.24, 2.45) is 5.16 Å². The second-order valence-corrected chi connectivity index (χ2v) is 1.29. The summed E-state index contributed by atoms with van der Waals surface area (Å²) in [5.74, 6) is -1.48. The van der Waals surface area contributed by atoms with E-state index in [0.29, 0.717) is 0 Å². The van der Waals surface area contributed by atoms with Crippen molar-refractivity contribution in [2.45, 2.75) is 0 Å². The third kappa shape index (κ3) is 3.49. The SMILES string of the molecule is N#CCON=C(C#N)C(=O)O. The summed E-state index contributed by atoms with van der Waals surface area (Å²) in [6.45, 7) is -0.377. The van der Waals surface area contributed by atoms with Crippen LogP contribution in [0, 0.1) is 22.7 Å². The molecule has 0 spiro atoms. The smallest absolute Gasteiger partial charge is 0.369 e. The third-order valence-corrected chi connectivity index (χ3v) is 0.593. The molecule has 1 N–H and O–H groups in total. The van der Waals surface area contributed by atoms with Crippen LogP contribution in [0.2, 0.25) is 0 Å². The molecule has 0 saturated heterocycles. The average Bonchev–Trinajstić information content (AvgIpc) is 1.97. The van der Waals surface area contributed by atoms with Gasteiger partial charge in [-0.25, -0.2) is 4.79 Å². The first-order valence-corrected chi connectivity index (χ1v) is 2.42. The quantitative estimate of drug-likeness (QED) is 0.334. The normalized spacial score (nSPS) is 9.45. The van der Waals surface area contributed by atoms with Crippen LogP contribution in [0.15, 0.2) is 5.16 Å². The summed E-state index contributed by atoms with van der Waals surface area (Å²) in [7, 11) is 0. The second kappa shape index (κ2) is 4.77. The van der Waals surface area contributed by atoms with Crippen LogP contribution in [0.5, 0.6) is 0 Å². The molecule has 0 aromatic carbocycles. The molecule has 6 nitrogen and oxygen atoms in total. The van der Waals surface area contributed by atoms with Gasteiger partial charge in [0, 0.05) is 0 Å². The summed E-state index contributed by atoms with van der Waals surface area (Å²) in [5, 5.41) is 27.0. The lowest BCUT2D eigenvalue weighted by atomic mass is 10.4. The van der Waals surface area contributed by atoms with Crippen molar-refractivity contribution >= 4 is 11.7 Å². The zero-order valence-electron chi connectivity index (χ0n) is 5.31. The van der Waals surface area contributed by atoms with Crippen molar-refractivity contribution in [1.29, 1.82) is 10.5 Å². The van der Waals surface area contributed by atoms with E-state index < -0.39 is 11.7 Å². The summed E-state index contributed by atoms with van der Waals surface area (Å²) in [6.07, 6.45) is 0. The van der Waals surface area contributed by atoms with Crippen LogP contribution in [0.3, 0.4) is 0 Å². The summed E-state index contributed by atoms with van der Waals surface area (Å²) in [4.78, 5) is 14.1. The van der Waals surface area contributed by atoms with Gasteiger partial charge in [-0.2, -0.15) is 10.5 Å². The minimum Gasteiger partial charge on any atom is -0.476 e. The summed E-state index contributed by atoms with van der Waals surface area (Å²) in [6, 6.07) is 2.83. The van der Waals surface area contributed by atoms with E-state index >= 15 is 0 Å². The number of carboxylic acid groups (broad SMARTS) is 1. The Balaban J connectivity index is 4.08. The first-order chi connectivity index (χ1) is 5.22. The van der Waals surface area contributed by atoms with Crippen LogP contribution >= 0.6 is 0 Å². The number of hydrogen-bond donors (Lipinski definition) is 1. The number of carboxylic acids is 1. The fourth-order valence-electron chi connectivity index (χ4n) is 0.233. The van der Waals surface area contributed by atoms with E-state index in [1.165, 1.54) is 6.07 Å². The molecular weight excluding hydrogens is 150 g/mol. The van der Waals surface area contributed by atoms with E-state index in [4.69, 9.17) is 15.6 Å². The van der Waals surface area contributed by atoms with Gasteiger partial charge < -0.3 is 9.94 Å². The maximum absolute atomic E-state index is 10.0. The van der Waals surface area contributed by atoms with E-state index in [0.717, 1.165) is 0 Å². The van der Waals surface area contributed by atoms with Gasteiger partial charge in [-0.15, -0.1) is 0 Å². The fourth-order valence-corrected chi connectivity index (χ4v) is 0.233. The molecule has 0 aliphatic carbocycles. The van der Waals surface area contributed by atoms with E-state index in [1.807, 2.05) is 0 Å². The van der Waals surface area contributed by atoms with E-state index in [2.05, 4.69) is 9.99 Å². The van der Waals surface area contributed by atoms with Gasteiger partial charge in [0.15, 0.2) is 0 Å². The minimum atomic E-state index is -1.48. The highest BCUT2D eigenvalue weighted by Gasteiger charge is 2.07. The molecule has 0 bridgehead atoms.